The van der Waals surface area contributed by atoms with Crippen LogP contribution in [0.3, 0.4) is 0 Å². The van der Waals surface area contributed by atoms with E-state index in [-0.39, 0.29) is 19.1 Å². The van der Waals surface area contributed by atoms with Gasteiger partial charge in [-0.1, -0.05) is 29.8 Å². The van der Waals surface area contributed by atoms with E-state index >= 15 is 0 Å². The molecular weight excluding hydrogens is 258 g/mol. The van der Waals surface area contributed by atoms with Gasteiger partial charge in [-0.15, -0.1) is 0 Å². The summed E-state index contributed by atoms with van der Waals surface area (Å²) in [7, 11) is 0. The Morgan fingerprint density at radius 1 is 1.33 bits per heavy atom. The average molecular weight is 272 g/mol. The molecule has 0 heterocycles. The molecule has 0 aromatic heterocycles. The number of hydrogen-bond acceptors (Lipinski definition) is 3. The molecule has 1 aromatic carbocycles. The fraction of sp³-hybridized carbons (Fsp3) is 0.333. The highest BCUT2D eigenvalue weighted by Crippen LogP contribution is 2.18. The molecule has 1 rings (SSSR count). The van der Waals surface area contributed by atoms with Crippen molar-refractivity contribution in [3.8, 4) is 0 Å². The van der Waals surface area contributed by atoms with E-state index in [9.17, 15) is 14.7 Å². The van der Waals surface area contributed by atoms with Gasteiger partial charge >= 0.3 is 11.9 Å². The number of carbonyl (C=O) groups excluding carboxylic acids is 1. The molecule has 18 heavy (non-hydrogen) atoms. The SMILES string of the molecule is O=C(O)C(=O)NCC(CO)Cc1ccccc1Cl. The molecule has 0 saturated heterocycles. The minimum atomic E-state index is -1.54. The van der Waals surface area contributed by atoms with E-state index < -0.39 is 11.9 Å². The summed E-state index contributed by atoms with van der Waals surface area (Å²) in [6, 6.07) is 7.18. The van der Waals surface area contributed by atoms with Crippen LogP contribution in [0.1, 0.15) is 5.56 Å². The number of aliphatic carboxylic acids is 1. The van der Waals surface area contributed by atoms with Gasteiger partial charge in [0, 0.05) is 24.1 Å². The minimum absolute atomic E-state index is 0.0901. The molecule has 1 amide bonds. The third kappa shape index (κ3) is 4.35. The molecule has 1 unspecified atom stereocenters. The molecule has 5 nitrogen and oxygen atoms in total. The van der Waals surface area contributed by atoms with Crippen molar-refractivity contribution < 1.29 is 19.8 Å². The van der Waals surface area contributed by atoms with Gasteiger partial charge in [0.15, 0.2) is 0 Å². The molecule has 98 valence electrons. The van der Waals surface area contributed by atoms with Crippen LogP contribution in [0, 0.1) is 5.92 Å². The standard InChI is InChI=1S/C12H14ClNO4/c13-10-4-2-1-3-9(10)5-8(7-15)6-14-11(16)12(17)18/h1-4,8,15H,5-7H2,(H,14,16)(H,17,18). The first-order chi connectivity index (χ1) is 8.54. The average Bonchev–Trinajstić information content (AvgIpc) is 2.36. The van der Waals surface area contributed by atoms with Crippen molar-refractivity contribution in [2.75, 3.05) is 13.2 Å². The number of benzene rings is 1. The van der Waals surface area contributed by atoms with Gasteiger partial charge < -0.3 is 15.5 Å². The predicted molar refractivity (Wildman–Crippen MR) is 66.4 cm³/mol. The molecule has 0 bridgehead atoms. The molecule has 3 N–H and O–H groups in total. The molecule has 1 aromatic rings. The minimum Gasteiger partial charge on any atom is -0.474 e. The van der Waals surface area contributed by atoms with Crippen LogP contribution in [-0.2, 0) is 16.0 Å². The number of amides is 1. The van der Waals surface area contributed by atoms with E-state index in [1.165, 1.54) is 0 Å². The number of halogens is 1. The molecule has 0 radical (unpaired) electrons. The van der Waals surface area contributed by atoms with E-state index in [4.69, 9.17) is 16.7 Å². The van der Waals surface area contributed by atoms with Crippen molar-refractivity contribution in [1.82, 2.24) is 5.32 Å². The number of carboxylic acid groups (broad SMARTS) is 1. The fourth-order valence-electron chi connectivity index (χ4n) is 1.49. The highest BCUT2D eigenvalue weighted by molar-refractivity contribution is 6.31. The van der Waals surface area contributed by atoms with Gasteiger partial charge in [-0.25, -0.2) is 4.79 Å². The smallest absolute Gasteiger partial charge is 0.394 e. The van der Waals surface area contributed by atoms with Gasteiger partial charge in [0.05, 0.1) is 0 Å². The molecule has 0 fully saturated rings. The summed E-state index contributed by atoms with van der Waals surface area (Å²) in [5.74, 6) is -2.88. The van der Waals surface area contributed by atoms with Crippen molar-refractivity contribution in [3.63, 3.8) is 0 Å². The second kappa shape index (κ2) is 6.98. The molecule has 0 aliphatic heterocycles. The number of aliphatic hydroxyl groups is 1. The first kappa shape index (κ1) is 14.5. The number of rotatable bonds is 5. The Morgan fingerprint density at radius 2 is 2.00 bits per heavy atom. The van der Waals surface area contributed by atoms with Crippen molar-refractivity contribution in [2.45, 2.75) is 6.42 Å². The Labute approximate surface area is 109 Å². The molecular formula is C12H14ClNO4. The van der Waals surface area contributed by atoms with Crippen molar-refractivity contribution >= 4 is 23.5 Å². The second-order valence-electron chi connectivity index (χ2n) is 3.86. The van der Waals surface area contributed by atoms with Gasteiger partial charge in [-0.2, -0.15) is 0 Å². The maximum absolute atomic E-state index is 10.9. The van der Waals surface area contributed by atoms with Crippen LogP contribution < -0.4 is 5.32 Å². The van der Waals surface area contributed by atoms with E-state index in [0.29, 0.717) is 11.4 Å². The van der Waals surface area contributed by atoms with Crippen LogP contribution in [0.25, 0.3) is 0 Å². The Balaban J connectivity index is 2.55. The Morgan fingerprint density at radius 3 is 2.56 bits per heavy atom. The Kier molecular flexibility index (Phi) is 5.61. The Hall–Kier alpha value is -1.59. The van der Waals surface area contributed by atoms with Gasteiger partial charge in [0.2, 0.25) is 0 Å². The predicted octanol–water partition coefficient (Wildman–Crippen LogP) is 0.692. The fourth-order valence-corrected chi connectivity index (χ4v) is 1.70. The van der Waals surface area contributed by atoms with Crippen LogP contribution in [0.2, 0.25) is 5.02 Å². The largest absolute Gasteiger partial charge is 0.474 e. The summed E-state index contributed by atoms with van der Waals surface area (Å²) in [6.07, 6.45) is 0.468. The summed E-state index contributed by atoms with van der Waals surface area (Å²) < 4.78 is 0. The van der Waals surface area contributed by atoms with E-state index in [1.807, 2.05) is 12.1 Å². The molecule has 0 saturated carbocycles. The molecule has 0 aliphatic rings. The Bertz CT molecular complexity index is 436. The van der Waals surface area contributed by atoms with Gasteiger partial charge in [0.25, 0.3) is 0 Å². The lowest BCUT2D eigenvalue weighted by Crippen LogP contribution is -2.36. The van der Waals surface area contributed by atoms with Crippen LogP contribution in [0.4, 0.5) is 0 Å². The van der Waals surface area contributed by atoms with Crippen molar-refractivity contribution in [2.24, 2.45) is 5.92 Å². The zero-order valence-electron chi connectivity index (χ0n) is 9.60. The maximum atomic E-state index is 10.9. The van der Waals surface area contributed by atoms with Crippen LogP contribution >= 0.6 is 11.6 Å². The zero-order valence-corrected chi connectivity index (χ0v) is 10.4. The maximum Gasteiger partial charge on any atom is 0.394 e. The first-order valence-electron chi connectivity index (χ1n) is 5.40. The monoisotopic (exact) mass is 271 g/mol. The quantitative estimate of drug-likeness (QED) is 0.688. The lowest BCUT2D eigenvalue weighted by atomic mass is 10.00. The third-order valence-corrected chi connectivity index (χ3v) is 2.84. The summed E-state index contributed by atoms with van der Waals surface area (Å²) in [6.45, 7) is -0.0714. The summed E-state index contributed by atoms with van der Waals surface area (Å²) in [5, 5.41) is 20.4. The molecule has 6 heteroatoms. The molecule has 1 atom stereocenters. The summed E-state index contributed by atoms with van der Waals surface area (Å²) >= 11 is 5.98. The van der Waals surface area contributed by atoms with E-state index in [0.717, 1.165) is 5.56 Å². The number of nitrogens with one attached hydrogen (secondary N) is 1. The van der Waals surface area contributed by atoms with Gasteiger partial charge in [0.1, 0.15) is 0 Å². The van der Waals surface area contributed by atoms with E-state index in [1.54, 1.807) is 12.1 Å². The van der Waals surface area contributed by atoms with E-state index in [2.05, 4.69) is 5.32 Å². The highest BCUT2D eigenvalue weighted by atomic mass is 35.5. The van der Waals surface area contributed by atoms with Crippen LogP contribution in [0.15, 0.2) is 24.3 Å². The third-order valence-electron chi connectivity index (χ3n) is 2.47. The van der Waals surface area contributed by atoms with Crippen LogP contribution in [0.5, 0.6) is 0 Å². The number of carbonyl (C=O) groups is 2. The molecule has 0 spiro atoms. The topological polar surface area (TPSA) is 86.6 Å². The lowest BCUT2D eigenvalue weighted by molar-refractivity contribution is -0.150. The van der Waals surface area contributed by atoms with Crippen molar-refractivity contribution in [3.05, 3.63) is 34.9 Å². The highest BCUT2D eigenvalue weighted by Gasteiger charge is 2.15. The number of carboxylic acids is 1. The lowest BCUT2D eigenvalue weighted by Gasteiger charge is -2.15. The van der Waals surface area contributed by atoms with Crippen LogP contribution in [-0.4, -0.2) is 35.2 Å². The zero-order chi connectivity index (χ0) is 13.5. The first-order valence-corrected chi connectivity index (χ1v) is 5.77. The normalized spacial score (nSPS) is 11.9. The second-order valence-corrected chi connectivity index (χ2v) is 4.27. The van der Waals surface area contributed by atoms with Crippen molar-refractivity contribution in [1.29, 1.82) is 0 Å². The number of aliphatic hydroxyl groups excluding tert-OH is 1. The summed E-state index contributed by atoms with van der Waals surface area (Å²) in [5.41, 5.74) is 0.850. The van der Waals surface area contributed by atoms with Gasteiger partial charge in [-0.05, 0) is 18.1 Å². The summed E-state index contributed by atoms with van der Waals surface area (Å²) in [4.78, 5) is 21.2. The molecule has 0 aliphatic carbocycles. The number of hydrogen-bond donors (Lipinski definition) is 3. The van der Waals surface area contributed by atoms with Gasteiger partial charge in [-0.3, -0.25) is 4.79 Å².